The van der Waals surface area contributed by atoms with Crippen molar-refractivity contribution in [2.24, 2.45) is 5.92 Å². The van der Waals surface area contributed by atoms with Crippen molar-refractivity contribution in [1.82, 2.24) is 5.14 Å². The summed E-state index contributed by atoms with van der Waals surface area (Å²) in [4.78, 5) is 0. The van der Waals surface area contributed by atoms with Crippen molar-refractivity contribution in [3.8, 4) is 0 Å². The Hall–Kier alpha value is -0.0900. The number of nitrogens with one attached hydrogen (secondary N) is 1. The van der Waals surface area contributed by atoms with E-state index in [1.165, 1.54) is 0 Å². The maximum Gasteiger partial charge on any atom is 0.225 e. The van der Waals surface area contributed by atoms with Crippen LogP contribution in [0, 0.1) is 5.92 Å². The van der Waals surface area contributed by atoms with Gasteiger partial charge in [0.05, 0.1) is 5.75 Å². The molecule has 61 valence electrons. The van der Waals surface area contributed by atoms with Crippen LogP contribution in [0.5, 0.6) is 0 Å². The van der Waals surface area contributed by atoms with E-state index in [0.717, 1.165) is 6.42 Å². The van der Waals surface area contributed by atoms with E-state index in [9.17, 15) is 8.42 Å². The van der Waals surface area contributed by atoms with Crippen molar-refractivity contribution in [3.05, 3.63) is 0 Å². The Morgan fingerprint density at radius 2 is 1.90 bits per heavy atom. The molecule has 0 bridgehead atoms. The summed E-state index contributed by atoms with van der Waals surface area (Å²) in [5, 5.41) is 6.55. The standard InChI is InChI=1S/C6H14NO2S/c1-6(2)4-3-5-10(7,8)9/h6-7H,3-5H2,1-2H3. The molecule has 0 aromatic carbocycles. The Labute approximate surface area is 62.7 Å². The molecule has 3 nitrogen and oxygen atoms in total. The van der Waals surface area contributed by atoms with Gasteiger partial charge in [-0.1, -0.05) is 13.8 Å². The molecule has 0 aromatic rings. The molecule has 0 unspecified atom stereocenters. The molecule has 0 saturated heterocycles. The molecule has 0 heterocycles. The Balaban J connectivity index is 3.39. The minimum Gasteiger partial charge on any atom is -0.211 e. The molecule has 0 amide bonds. The average Bonchev–Trinajstić information content (AvgIpc) is 1.59. The van der Waals surface area contributed by atoms with Crippen LogP contribution >= 0.6 is 0 Å². The first-order chi connectivity index (χ1) is 4.42. The van der Waals surface area contributed by atoms with Gasteiger partial charge >= 0.3 is 0 Å². The zero-order valence-corrected chi connectivity index (χ0v) is 7.24. The van der Waals surface area contributed by atoms with Gasteiger partial charge in [0, 0.05) is 0 Å². The van der Waals surface area contributed by atoms with Gasteiger partial charge in [0.1, 0.15) is 0 Å². The van der Waals surface area contributed by atoms with Gasteiger partial charge in [-0.2, -0.15) is 0 Å². The Morgan fingerprint density at radius 3 is 2.20 bits per heavy atom. The maximum absolute atomic E-state index is 10.3. The van der Waals surface area contributed by atoms with E-state index in [1.807, 2.05) is 13.8 Å². The molecule has 4 heteroatoms. The smallest absolute Gasteiger partial charge is 0.211 e. The monoisotopic (exact) mass is 164 g/mol. The summed E-state index contributed by atoms with van der Waals surface area (Å²) >= 11 is 0. The second-order valence-electron chi connectivity index (χ2n) is 2.85. The fourth-order valence-corrected chi connectivity index (χ4v) is 1.23. The molecule has 0 spiro atoms. The Bertz CT molecular complexity index is 172. The fourth-order valence-electron chi connectivity index (χ4n) is 0.682. The lowest BCUT2D eigenvalue weighted by Crippen LogP contribution is -2.06. The first-order valence-corrected chi connectivity index (χ1v) is 5.04. The van der Waals surface area contributed by atoms with Gasteiger partial charge in [-0.05, 0) is 18.8 Å². The summed E-state index contributed by atoms with van der Waals surface area (Å²) in [6, 6.07) is 0. The normalized spacial score (nSPS) is 12.4. The van der Waals surface area contributed by atoms with Crippen molar-refractivity contribution in [3.63, 3.8) is 0 Å². The number of sulfonamides is 1. The van der Waals surface area contributed by atoms with E-state index in [2.05, 4.69) is 0 Å². The molecule has 0 aromatic heterocycles. The molecular formula is C6H14NO2S. The third-order valence-corrected chi connectivity index (χ3v) is 2.02. The summed E-state index contributed by atoms with van der Waals surface area (Å²) in [5.74, 6) is 0.535. The van der Waals surface area contributed by atoms with Gasteiger partial charge in [0.15, 0.2) is 0 Å². The van der Waals surface area contributed by atoms with Crippen molar-refractivity contribution < 1.29 is 8.42 Å². The fraction of sp³-hybridized carbons (Fsp3) is 1.00. The van der Waals surface area contributed by atoms with Crippen LogP contribution in [-0.4, -0.2) is 14.2 Å². The van der Waals surface area contributed by atoms with Crippen LogP contribution < -0.4 is 5.14 Å². The molecule has 1 N–H and O–H groups in total. The highest BCUT2D eigenvalue weighted by atomic mass is 32.2. The van der Waals surface area contributed by atoms with Gasteiger partial charge < -0.3 is 0 Å². The van der Waals surface area contributed by atoms with E-state index >= 15 is 0 Å². The van der Waals surface area contributed by atoms with Crippen molar-refractivity contribution >= 4 is 10.0 Å². The van der Waals surface area contributed by atoms with Gasteiger partial charge in [0.25, 0.3) is 0 Å². The second kappa shape index (κ2) is 3.93. The average molecular weight is 164 g/mol. The highest BCUT2D eigenvalue weighted by molar-refractivity contribution is 7.88. The third kappa shape index (κ3) is 7.91. The van der Waals surface area contributed by atoms with Gasteiger partial charge in [-0.15, -0.1) is 5.14 Å². The zero-order chi connectivity index (χ0) is 8.20. The van der Waals surface area contributed by atoms with Crippen molar-refractivity contribution in [1.29, 1.82) is 0 Å². The molecule has 10 heavy (non-hydrogen) atoms. The number of hydrogen-bond acceptors (Lipinski definition) is 2. The van der Waals surface area contributed by atoms with E-state index < -0.39 is 10.0 Å². The van der Waals surface area contributed by atoms with Gasteiger partial charge in [-0.25, -0.2) is 8.42 Å². The summed E-state index contributed by atoms with van der Waals surface area (Å²) in [7, 11) is -3.47. The Morgan fingerprint density at radius 1 is 1.40 bits per heavy atom. The lowest BCUT2D eigenvalue weighted by atomic mass is 10.1. The lowest BCUT2D eigenvalue weighted by molar-refractivity contribution is 0.560. The minimum absolute atomic E-state index is 0.00514. The largest absolute Gasteiger partial charge is 0.225 e. The first-order valence-electron chi connectivity index (χ1n) is 3.39. The van der Waals surface area contributed by atoms with Crippen LogP contribution in [0.2, 0.25) is 0 Å². The molecule has 0 fully saturated rings. The first kappa shape index (κ1) is 9.91. The van der Waals surface area contributed by atoms with E-state index in [4.69, 9.17) is 5.14 Å². The third-order valence-electron chi connectivity index (χ3n) is 1.19. The molecule has 0 aliphatic carbocycles. The van der Waals surface area contributed by atoms with E-state index in [0.29, 0.717) is 12.3 Å². The molecular weight excluding hydrogens is 150 g/mol. The summed E-state index contributed by atoms with van der Waals surface area (Å²) < 4.78 is 20.6. The van der Waals surface area contributed by atoms with Crippen molar-refractivity contribution in [2.45, 2.75) is 26.7 Å². The predicted molar refractivity (Wildman–Crippen MR) is 41.0 cm³/mol. The summed E-state index contributed by atoms with van der Waals surface area (Å²) in [6.07, 6.45) is 1.50. The molecule has 1 radical (unpaired) electrons. The van der Waals surface area contributed by atoms with Gasteiger partial charge in [-0.3, -0.25) is 0 Å². The predicted octanol–water partition coefficient (Wildman–Crippen LogP) is 1.04. The molecule has 0 atom stereocenters. The highest BCUT2D eigenvalue weighted by Crippen LogP contribution is 2.03. The summed E-state index contributed by atoms with van der Waals surface area (Å²) in [6.45, 7) is 4.08. The van der Waals surface area contributed by atoms with Crippen molar-refractivity contribution in [2.75, 3.05) is 5.75 Å². The zero-order valence-electron chi connectivity index (χ0n) is 6.42. The van der Waals surface area contributed by atoms with Crippen LogP contribution in [0.15, 0.2) is 0 Å². The molecule has 0 rings (SSSR count). The molecule has 0 aliphatic heterocycles. The summed E-state index contributed by atoms with van der Waals surface area (Å²) in [5.41, 5.74) is 0. The number of hydrogen-bond donors (Lipinski definition) is 0. The number of rotatable bonds is 4. The maximum atomic E-state index is 10.3. The second-order valence-corrected chi connectivity index (χ2v) is 4.49. The van der Waals surface area contributed by atoms with Crippen LogP contribution in [-0.2, 0) is 10.0 Å². The SMILES string of the molecule is CC(C)CCCS([NH])(=O)=O. The van der Waals surface area contributed by atoms with Crippen LogP contribution in [0.3, 0.4) is 0 Å². The molecule has 0 aliphatic rings. The topological polar surface area (TPSA) is 57.9 Å². The molecule has 0 saturated carbocycles. The highest BCUT2D eigenvalue weighted by Gasteiger charge is 2.03. The van der Waals surface area contributed by atoms with Gasteiger partial charge in [0.2, 0.25) is 10.0 Å². The quantitative estimate of drug-likeness (QED) is 0.623. The van der Waals surface area contributed by atoms with Crippen LogP contribution in [0.25, 0.3) is 0 Å². The van der Waals surface area contributed by atoms with Crippen LogP contribution in [0.1, 0.15) is 26.7 Å². The Kier molecular flexibility index (Phi) is 3.89. The van der Waals surface area contributed by atoms with E-state index in [1.54, 1.807) is 0 Å². The minimum atomic E-state index is -3.47. The van der Waals surface area contributed by atoms with Crippen LogP contribution in [0.4, 0.5) is 0 Å². The lowest BCUT2D eigenvalue weighted by Gasteiger charge is -2.01. The van der Waals surface area contributed by atoms with E-state index in [-0.39, 0.29) is 5.75 Å².